The van der Waals surface area contributed by atoms with Gasteiger partial charge in [-0.05, 0) is 42.2 Å². The predicted molar refractivity (Wildman–Crippen MR) is 107 cm³/mol. The third kappa shape index (κ3) is 3.24. The molecule has 1 atom stereocenters. The minimum atomic E-state index is -0.687. The molecule has 0 aromatic heterocycles. The van der Waals surface area contributed by atoms with Gasteiger partial charge in [0.25, 0.3) is 5.91 Å². The Hall–Kier alpha value is -3.55. The zero-order chi connectivity index (χ0) is 20.7. The molecule has 0 radical (unpaired) electrons. The van der Waals surface area contributed by atoms with Crippen molar-refractivity contribution in [1.29, 1.82) is 0 Å². The average Bonchev–Trinajstić information content (AvgIpc) is 3.45. The number of hydrogen-bond donors (Lipinski definition) is 1. The number of carbonyl (C=O) groups is 3. The monoisotopic (exact) mass is 407 g/mol. The van der Waals surface area contributed by atoms with Crippen LogP contribution in [0.15, 0.2) is 42.5 Å². The van der Waals surface area contributed by atoms with Crippen LogP contribution >= 0.6 is 0 Å². The first kappa shape index (κ1) is 18.5. The summed E-state index contributed by atoms with van der Waals surface area (Å²) in [5.41, 5.74) is 2.87. The van der Waals surface area contributed by atoms with Crippen LogP contribution in [0.25, 0.3) is 0 Å². The molecule has 1 N–H and O–H groups in total. The van der Waals surface area contributed by atoms with E-state index in [1.807, 2.05) is 24.3 Å². The molecule has 1 fully saturated rings. The molecule has 3 aliphatic rings. The highest BCUT2D eigenvalue weighted by Gasteiger charge is 2.38. The van der Waals surface area contributed by atoms with Crippen molar-refractivity contribution in [3.63, 3.8) is 0 Å². The van der Waals surface area contributed by atoms with Gasteiger partial charge in [-0.15, -0.1) is 0 Å². The molecule has 3 aliphatic heterocycles. The second-order valence-corrected chi connectivity index (χ2v) is 7.58. The summed E-state index contributed by atoms with van der Waals surface area (Å²) in [4.78, 5) is 40.7. The van der Waals surface area contributed by atoms with E-state index in [2.05, 4.69) is 5.32 Å². The van der Waals surface area contributed by atoms with E-state index in [9.17, 15) is 14.4 Å². The summed E-state index contributed by atoms with van der Waals surface area (Å²) >= 11 is 0. The number of carbonyl (C=O) groups excluding carboxylic acids is 3. The first-order valence-electron chi connectivity index (χ1n) is 9.99. The summed E-state index contributed by atoms with van der Waals surface area (Å²) in [6.45, 7) is 0.962. The number of fused-ring (bicyclic) bond motifs is 2. The Kier molecular flexibility index (Phi) is 4.54. The Bertz CT molecular complexity index is 1040. The molecule has 3 heterocycles. The molecule has 4 amide bonds. The highest BCUT2D eigenvalue weighted by atomic mass is 16.7. The number of para-hydroxylation sites is 1. The summed E-state index contributed by atoms with van der Waals surface area (Å²) in [6.07, 6.45) is 1.31. The van der Waals surface area contributed by atoms with Crippen molar-refractivity contribution in [1.82, 2.24) is 10.2 Å². The smallest absolute Gasteiger partial charge is 0.325 e. The number of nitrogens with zero attached hydrogens (tertiary/aromatic N) is 2. The van der Waals surface area contributed by atoms with E-state index < -0.39 is 12.1 Å². The Labute approximate surface area is 173 Å². The van der Waals surface area contributed by atoms with Crippen LogP contribution in [0.5, 0.6) is 11.5 Å². The first-order valence-corrected chi connectivity index (χ1v) is 9.99. The van der Waals surface area contributed by atoms with E-state index in [1.54, 1.807) is 23.1 Å². The van der Waals surface area contributed by atoms with Crippen molar-refractivity contribution in [2.45, 2.75) is 31.8 Å². The van der Waals surface area contributed by atoms with Gasteiger partial charge in [0.1, 0.15) is 6.04 Å². The standard InChI is InChI=1S/C22H21N3O5/c26-20(24-10-9-15-3-1-2-4-17(15)24)8-6-16-21(27)25(22(28)23-16)12-14-5-7-18-19(11-14)30-13-29-18/h1-5,7,11,16H,6,8-10,12-13H2,(H,23,28)/t16-/m0/s1. The van der Waals surface area contributed by atoms with Gasteiger partial charge in [0.05, 0.1) is 6.54 Å². The molecule has 0 aliphatic carbocycles. The van der Waals surface area contributed by atoms with Crippen molar-refractivity contribution in [3.05, 3.63) is 53.6 Å². The number of anilines is 1. The van der Waals surface area contributed by atoms with E-state index in [0.29, 0.717) is 18.0 Å². The van der Waals surface area contributed by atoms with Gasteiger partial charge in [0, 0.05) is 18.7 Å². The fourth-order valence-electron chi connectivity index (χ4n) is 4.14. The van der Waals surface area contributed by atoms with Crippen LogP contribution in [0.3, 0.4) is 0 Å². The number of ether oxygens (including phenoxy) is 2. The van der Waals surface area contributed by atoms with Gasteiger partial charge in [0.2, 0.25) is 12.7 Å². The Balaban J connectivity index is 1.20. The van der Waals surface area contributed by atoms with E-state index >= 15 is 0 Å². The Morgan fingerprint density at radius 3 is 2.83 bits per heavy atom. The number of hydrogen-bond acceptors (Lipinski definition) is 5. The van der Waals surface area contributed by atoms with E-state index in [0.717, 1.165) is 23.2 Å². The lowest BCUT2D eigenvalue weighted by molar-refractivity contribution is -0.128. The average molecular weight is 407 g/mol. The van der Waals surface area contributed by atoms with Crippen LogP contribution in [0, 0.1) is 0 Å². The lowest BCUT2D eigenvalue weighted by Gasteiger charge is -2.18. The number of urea groups is 1. The summed E-state index contributed by atoms with van der Waals surface area (Å²) in [5.74, 6) is 0.909. The van der Waals surface area contributed by atoms with Crippen molar-refractivity contribution >= 4 is 23.5 Å². The van der Waals surface area contributed by atoms with Crippen LogP contribution in [0.4, 0.5) is 10.5 Å². The molecule has 8 nitrogen and oxygen atoms in total. The maximum absolute atomic E-state index is 12.7. The topological polar surface area (TPSA) is 88.2 Å². The quantitative estimate of drug-likeness (QED) is 0.768. The van der Waals surface area contributed by atoms with Gasteiger partial charge >= 0.3 is 6.03 Å². The molecule has 1 saturated heterocycles. The zero-order valence-electron chi connectivity index (χ0n) is 16.3. The fraction of sp³-hybridized carbons (Fsp3) is 0.318. The highest BCUT2D eigenvalue weighted by Crippen LogP contribution is 2.33. The van der Waals surface area contributed by atoms with Crippen LogP contribution in [-0.4, -0.2) is 42.1 Å². The first-order chi connectivity index (χ1) is 14.6. The molecule has 0 spiro atoms. The van der Waals surface area contributed by atoms with Crippen molar-refractivity contribution in [2.24, 2.45) is 0 Å². The molecular weight excluding hydrogens is 386 g/mol. The number of rotatable bonds is 5. The lowest BCUT2D eigenvalue weighted by Crippen LogP contribution is -2.34. The maximum Gasteiger partial charge on any atom is 0.325 e. The predicted octanol–water partition coefficient (Wildman–Crippen LogP) is 2.21. The van der Waals surface area contributed by atoms with Crippen molar-refractivity contribution in [2.75, 3.05) is 18.2 Å². The van der Waals surface area contributed by atoms with Gasteiger partial charge in [-0.1, -0.05) is 24.3 Å². The number of nitrogens with one attached hydrogen (secondary N) is 1. The van der Waals surface area contributed by atoms with Gasteiger partial charge < -0.3 is 19.7 Å². The molecule has 0 unspecified atom stereocenters. The molecule has 0 bridgehead atoms. The minimum absolute atomic E-state index is 0.0313. The summed E-state index contributed by atoms with van der Waals surface area (Å²) < 4.78 is 10.6. The number of amides is 4. The van der Waals surface area contributed by atoms with Crippen LogP contribution < -0.4 is 19.7 Å². The molecule has 8 heteroatoms. The lowest BCUT2D eigenvalue weighted by atomic mass is 10.1. The second-order valence-electron chi connectivity index (χ2n) is 7.58. The zero-order valence-corrected chi connectivity index (χ0v) is 16.3. The minimum Gasteiger partial charge on any atom is -0.454 e. The Morgan fingerprint density at radius 2 is 1.93 bits per heavy atom. The molecular formula is C22H21N3O5. The SMILES string of the molecule is O=C1N[C@@H](CCC(=O)N2CCc3ccccc32)C(=O)N1Cc1ccc2c(c1)OCO2. The van der Waals surface area contributed by atoms with E-state index in [1.165, 1.54) is 4.90 Å². The molecule has 2 aromatic carbocycles. The van der Waals surface area contributed by atoms with Gasteiger partial charge in [0.15, 0.2) is 11.5 Å². The molecule has 154 valence electrons. The Morgan fingerprint density at radius 1 is 1.10 bits per heavy atom. The van der Waals surface area contributed by atoms with Crippen molar-refractivity contribution < 1.29 is 23.9 Å². The molecule has 30 heavy (non-hydrogen) atoms. The van der Waals surface area contributed by atoms with Gasteiger partial charge in [-0.3, -0.25) is 14.5 Å². The van der Waals surface area contributed by atoms with Crippen LogP contribution in [0.1, 0.15) is 24.0 Å². The van der Waals surface area contributed by atoms with Crippen LogP contribution in [0.2, 0.25) is 0 Å². The third-order valence-corrected chi connectivity index (χ3v) is 5.72. The van der Waals surface area contributed by atoms with Gasteiger partial charge in [-0.25, -0.2) is 4.79 Å². The normalized spacial score (nSPS) is 19.3. The largest absolute Gasteiger partial charge is 0.454 e. The van der Waals surface area contributed by atoms with Crippen LogP contribution in [-0.2, 0) is 22.6 Å². The number of imide groups is 1. The van der Waals surface area contributed by atoms with E-state index in [-0.39, 0.29) is 38.0 Å². The second kappa shape index (κ2) is 7.37. The fourth-order valence-corrected chi connectivity index (χ4v) is 4.14. The number of benzene rings is 2. The van der Waals surface area contributed by atoms with E-state index in [4.69, 9.17) is 9.47 Å². The summed E-state index contributed by atoms with van der Waals surface area (Å²) in [7, 11) is 0. The maximum atomic E-state index is 12.7. The molecule has 5 rings (SSSR count). The highest BCUT2D eigenvalue weighted by molar-refractivity contribution is 6.04. The third-order valence-electron chi connectivity index (χ3n) is 5.72. The van der Waals surface area contributed by atoms with Gasteiger partial charge in [-0.2, -0.15) is 0 Å². The summed E-state index contributed by atoms with van der Waals surface area (Å²) in [6, 6.07) is 12.1. The molecule has 2 aromatic rings. The summed E-state index contributed by atoms with van der Waals surface area (Å²) in [5, 5.41) is 2.70. The van der Waals surface area contributed by atoms with Crippen molar-refractivity contribution in [3.8, 4) is 11.5 Å². The molecule has 0 saturated carbocycles.